The van der Waals surface area contributed by atoms with Gasteiger partial charge in [-0.05, 0) is 66.7 Å². The molecule has 3 heteroatoms. The van der Waals surface area contributed by atoms with Gasteiger partial charge in [0.2, 0.25) is 0 Å². The Balaban J connectivity index is 1.40. The zero-order chi connectivity index (χ0) is 26.8. The molecule has 200 valence electrons. The fourth-order valence-corrected chi connectivity index (χ4v) is 5.53. The maximum Gasteiger partial charge on any atom is 0.143 e. The van der Waals surface area contributed by atoms with Gasteiger partial charge in [0, 0.05) is 6.61 Å². The molecule has 1 aliphatic heterocycles. The van der Waals surface area contributed by atoms with E-state index in [1.807, 2.05) is 24.3 Å². The Morgan fingerprint density at radius 1 is 0.921 bits per heavy atom. The zero-order valence-corrected chi connectivity index (χ0v) is 22.7. The summed E-state index contributed by atoms with van der Waals surface area (Å²) in [6.07, 6.45) is 6.73. The van der Waals surface area contributed by atoms with Gasteiger partial charge in [-0.2, -0.15) is 0 Å². The molecule has 0 radical (unpaired) electrons. The molecule has 1 heterocycles. The molecule has 4 atom stereocenters. The lowest BCUT2D eigenvalue weighted by molar-refractivity contribution is -0.00397. The van der Waals surface area contributed by atoms with Gasteiger partial charge in [0.15, 0.2) is 0 Å². The second kappa shape index (κ2) is 13.7. The van der Waals surface area contributed by atoms with Gasteiger partial charge in [-0.25, -0.2) is 0 Å². The Morgan fingerprint density at radius 2 is 1.45 bits per heavy atom. The van der Waals surface area contributed by atoms with Gasteiger partial charge in [-0.15, -0.1) is 6.58 Å². The molecule has 1 saturated heterocycles. The van der Waals surface area contributed by atoms with Crippen molar-refractivity contribution in [3.8, 4) is 0 Å². The van der Waals surface area contributed by atoms with Crippen molar-refractivity contribution in [2.24, 2.45) is 5.92 Å². The molecule has 4 rings (SSSR count). The van der Waals surface area contributed by atoms with Crippen LogP contribution in [0.2, 0.25) is 0 Å². The van der Waals surface area contributed by atoms with Crippen LogP contribution in [0.4, 0.5) is 0 Å². The van der Waals surface area contributed by atoms with Gasteiger partial charge in [0.05, 0.1) is 18.3 Å². The molecule has 38 heavy (non-hydrogen) atoms. The average molecular weight is 511 g/mol. The summed E-state index contributed by atoms with van der Waals surface area (Å²) in [5.74, 6) is 0.320. The topological polar surface area (TPSA) is 38.7 Å². The Labute approximate surface area is 228 Å². The largest absolute Gasteiger partial charge is 0.393 e. The summed E-state index contributed by atoms with van der Waals surface area (Å²) in [5, 5.41) is 10.3. The van der Waals surface area contributed by atoms with Crippen molar-refractivity contribution in [3.63, 3.8) is 0 Å². The minimum atomic E-state index is -0.689. The SMILES string of the molecule is C=C[C@H](C)CC(O)CC[C@@H]1O[C@@H](CCCOC(c2ccccc2)(c2ccccc2)c2ccccc2)CC1=C. The number of aliphatic hydroxyl groups excluding tert-OH is 1. The summed E-state index contributed by atoms with van der Waals surface area (Å²) in [4.78, 5) is 0. The molecule has 0 aromatic heterocycles. The first-order chi connectivity index (χ1) is 18.5. The van der Waals surface area contributed by atoms with E-state index < -0.39 is 5.60 Å². The predicted octanol–water partition coefficient (Wildman–Crippen LogP) is 7.84. The number of ether oxygens (including phenoxy) is 2. The summed E-state index contributed by atoms with van der Waals surface area (Å²) in [6, 6.07) is 31.5. The van der Waals surface area contributed by atoms with Crippen molar-refractivity contribution >= 4 is 0 Å². The third kappa shape index (κ3) is 6.91. The van der Waals surface area contributed by atoms with Crippen LogP contribution in [-0.4, -0.2) is 30.0 Å². The summed E-state index contributed by atoms with van der Waals surface area (Å²) in [7, 11) is 0. The number of hydrogen-bond donors (Lipinski definition) is 1. The van der Waals surface area contributed by atoms with Crippen LogP contribution in [-0.2, 0) is 15.1 Å². The first kappa shape index (κ1) is 28.0. The smallest absolute Gasteiger partial charge is 0.143 e. The molecule has 1 aliphatic rings. The molecule has 3 nitrogen and oxygen atoms in total. The molecule has 3 aromatic rings. The van der Waals surface area contributed by atoms with E-state index in [1.165, 1.54) is 0 Å². The van der Waals surface area contributed by atoms with Crippen molar-refractivity contribution in [2.75, 3.05) is 6.61 Å². The molecule has 0 saturated carbocycles. The molecule has 3 aromatic carbocycles. The highest BCUT2D eigenvalue weighted by Crippen LogP contribution is 2.41. The van der Waals surface area contributed by atoms with Crippen LogP contribution in [0.5, 0.6) is 0 Å². The highest BCUT2D eigenvalue weighted by Gasteiger charge is 2.37. The lowest BCUT2D eigenvalue weighted by atomic mass is 9.80. The number of hydrogen-bond acceptors (Lipinski definition) is 3. The van der Waals surface area contributed by atoms with Gasteiger partial charge in [-0.1, -0.05) is 111 Å². The monoisotopic (exact) mass is 510 g/mol. The van der Waals surface area contributed by atoms with E-state index in [0.717, 1.165) is 60.8 Å². The summed E-state index contributed by atoms with van der Waals surface area (Å²) < 4.78 is 13.3. The molecule has 1 N–H and O–H groups in total. The van der Waals surface area contributed by atoms with Crippen LogP contribution >= 0.6 is 0 Å². The second-order valence-electron chi connectivity index (χ2n) is 10.6. The summed E-state index contributed by atoms with van der Waals surface area (Å²) >= 11 is 0. The fourth-order valence-electron chi connectivity index (χ4n) is 5.53. The third-order valence-corrected chi connectivity index (χ3v) is 7.64. The van der Waals surface area contributed by atoms with Crippen molar-refractivity contribution in [1.29, 1.82) is 0 Å². The van der Waals surface area contributed by atoms with E-state index >= 15 is 0 Å². The van der Waals surface area contributed by atoms with Gasteiger partial charge >= 0.3 is 0 Å². The number of benzene rings is 3. The van der Waals surface area contributed by atoms with E-state index in [1.54, 1.807) is 0 Å². The van der Waals surface area contributed by atoms with E-state index in [9.17, 15) is 5.11 Å². The van der Waals surface area contributed by atoms with E-state index in [-0.39, 0.29) is 18.3 Å². The van der Waals surface area contributed by atoms with Crippen LogP contribution < -0.4 is 0 Å². The normalized spacial score (nSPS) is 19.3. The fraction of sp³-hybridized carbons (Fsp3) is 0.371. The first-order valence-electron chi connectivity index (χ1n) is 14.0. The van der Waals surface area contributed by atoms with Crippen molar-refractivity contribution in [1.82, 2.24) is 0 Å². The quantitative estimate of drug-likeness (QED) is 0.136. The molecule has 1 fully saturated rings. The molecule has 0 aliphatic carbocycles. The lowest BCUT2D eigenvalue weighted by Gasteiger charge is -2.36. The maximum atomic E-state index is 10.3. The molecular formula is C35H42O3. The van der Waals surface area contributed by atoms with E-state index in [4.69, 9.17) is 9.47 Å². The summed E-state index contributed by atoms with van der Waals surface area (Å²) in [6.45, 7) is 10.8. The third-order valence-electron chi connectivity index (χ3n) is 7.64. The lowest BCUT2D eigenvalue weighted by Crippen LogP contribution is -2.33. The van der Waals surface area contributed by atoms with Crippen LogP contribution in [0.15, 0.2) is 116 Å². The minimum Gasteiger partial charge on any atom is -0.393 e. The van der Waals surface area contributed by atoms with Crippen LogP contribution in [0.1, 0.15) is 62.1 Å². The van der Waals surface area contributed by atoms with Crippen molar-refractivity contribution < 1.29 is 14.6 Å². The Kier molecular flexibility index (Phi) is 10.1. The van der Waals surface area contributed by atoms with Gasteiger partial charge < -0.3 is 14.6 Å². The molecule has 1 unspecified atom stereocenters. The maximum absolute atomic E-state index is 10.3. The molecule has 0 amide bonds. The molecule has 0 bridgehead atoms. The Morgan fingerprint density at radius 3 is 1.95 bits per heavy atom. The standard InChI is InChI=1S/C35H42O3/c1-4-27(2)25-32(36)22-23-34-28(3)26-33(38-34)21-14-24-37-35(29-15-8-5-9-16-29,30-17-10-6-11-18-30)31-19-12-7-13-20-31/h4-13,15-20,27,32-34,36H,1,3,14,21-26H2,2H3/t27-,32?,33-,34-/m0/s1. The number of rotatable bonds is 14. The molecular weight excluding hydrogens is 468 g/mol. The summed E-state index contributed by atoms with van der Waals surface area (Å²) in [5.41, 5.74) is 3.81. The van der Waals surface area contributed by atoms with Crippen molar-refractivity contribution in [2.45, 2.75) is 69.4 Å². The minimum absolute atomic E-state index is 0.0339. The highest BCUT2D eigenvalue weighted by molar-refractivity contribution is 5.47. The van der Waals surface area contributed by atoms with Gasteiger partial charge in [0.1, 0.15) is 5.60 Å². The zero-order valence-electron chi connectivity index (χ0n) is 22.7. The van der Waals surface area contributed by atoms with E-state index in [0.29, 0.717) is 12.5 Å². The number of allylic oxidation sites excluding steroid dienone is 1. The van der Waals surface area contributed by atoms with Crippen LogP contribution in [0.25, 0.3) is 0 Å². The Hall–Kier alpha value is -2.98. The average Bonchev–Trinajstić information content (AvgIpc) is 3.32. The first-order valence-corrected chi connectivity index (χ1v) is 14.0. The van der Waals surface area contributed by atoms with Gasteiger partial charge in [0.25, 0.3) is 0 Å². The Bertz CT molecular complexity index is 1030. The highest BCUT2D eigenvalue weighted by atomic mass is 16.5. The van der Waals surface area contributed by atoms with E-state index in [2.05, 4.69) is 92.9 Å². The predicted molar refractivity (Wildman–Crippen MR) is 156 cm³/mol. The second-order valence-corrected chi connectivity index (χ2v) is 10.6. The molecule has 0 spiro atoms. The van der Waals surface area contributed by atoms with Gasteiger partial charge in [-0.3, -0.25) is 0 Å². The van der Waals surface area contributed by atoms with Crippen LogP contribution in [0.3, 0.4) is 0 Å². The van der Waals surface area contributed by atoms with Crippen LogP contribution in [0, 0.1) is 5.92 Å². The number of aliphatic hydroxyl groups is 1. The van der Waals surface area contributed by atoms with Crippen molar-refractivity contribution in [3.05, 3.63) is 132 Å².